The van der Waals surface area contributed by atoms with Crippen LogP contribution in [0.2, 0.25) is 0 Å². The molecule has 2 aromatic rings. The fourth-order valence-corrected chi connectivity index (χ4v) is 3.21. The number of benzene rings is 1. The Morgan fingerprint density at radius 2 is 2.13 bits per heavy atom. The van der Waals surface area contributed by atoms with Crippen LogP contribution in [-0.2, 0) is 0 Å². The number of piperidine rings is 1. The first-order valence-corrected chi connectivity index (χ1v) is 7.44. The predicted molar refractivity (Wildman–Crippen MR) is 79.6 cm³/mol. The van der Waals surface area contributed by atoms with E-state index < -0.39 is 17.7 Å². The van der Waals surface area contributed by atoms with Crippen LogP contribution in [0.4, 0.5) is 13.6 Å². The molecule has 2 unspecified atom stereocenters. The van der Waals surface area contributed by atoms with Gasteiger partial charge in [-0.05, 0) is 30.5 Å². The molecule has 23 heavy (non-hydrogen) atoms. The Morgan fingerprint density at radius 1 is 1.35 bits per heavy atom. The summed E-state index contributed by atoms with van der Waals surface area (Å²) in [5.41, 5.74) is 1.01. The van der Waals surface area contributed by atoms with Crippen molar-refractivity contribution < 1.29 is 18.7 Å². The molecule has 1 aromatic heterocycles. The molecule has 1 aliphatic rings. The third-order valence-corrected chi connectivity index (χ3v) is 4.37. The molecule has 2 atom stereocenters. The van der Waals surface area contributed by atoms with Gasteiger partial charge in [-0.2, -0.15) is 5.10 Å². The van der Waals surface area contributed by atoms with Crippen LogP contribution < -0.4 is 0 Å². The van der Waals surface area contributed by atoms with E-state index in [1.54, 1.807) is 12.3 Å². The lowest BCUT2D eigenvalue weighted by molar-refractivity contribution is 0.115. The van der Waals surface area contributed by atoms with Gasteiger partial charge in [0.15, 0.2) is 5.82 Å². The molecule has 2 heterocycles. The first kappa shape index (κ1) is 15.5. The summed E-state index contributed by atoms with van der Waals surface area (Å²) >= 11 is 0. The highest BCUT2D eigenvalue weighted by atomic mass is 19.1. The molecule has 1 saturated heterocycles. The summed E-state index contributed by atoms with van der Waals surface area (Å²) in [7, 11) is 0. The van der Waals surface area contributed by atoms with E-state index in [-0.39, 0.29) is 17.5 Å². The number of rotatable bonds is 2. The summed E-state index contributed by atoms with van der Waals surface area (Å²) in [4.78, 5) is 12.5. The van der Waals surface area contributed by atoms with E-state index in [1.807, 2.05) is 6.92 Å². The molecule has 0 aliphatic carbocycles. The number of carboxylic acid groups (broad SMARTS) is 1. The van der Waals surface area contributed by atoms with Gasteiger partial charge in [0.25, 0.3) is 0 Å². The predicted octanol–water partition coefficient (Wildman–Crippen LogP) is 3.25. The molecule has 0 radical (unpaired) electrons. The Balaban J connectivity index is 1.91. The Labute approximate surface area is 132 Å². The molecule has 5 nitrogen and oxygen atoms in total. The second kappa shape index (κ2) is 5.98. The molecular weight excluding hydrogens is 304 g/mol. The number of hydrogen-bond donors (Lipinski definition) is 1. The average molecular weight is 321 g/mol. The third-order valence-electron chi connectivity index (χ3n) is 4.37. The quantitative estimate of drug-likeness (QED) is 0.923. The zero-order valence-corrected chi connectivity index (χ0v) is 12.6. The fourth-order valence-electron chi connectivity index (χ4n) is 3.21. The van der Waals surface area contributed by atoms with Crippen molar-refractivity contribution in [1.29, 1.82) is 0 Å². The Bertz CT molecular complexity index is 732. The number of nitrogens with zero attached hydrogens (tertiary/aromatic N) is 3. The summed E-state index contributed by atoms with van der Waals surface area (Å²) in [6.45, 7) is 2.83. The first-order valence-electron chi connectivity index (χ1n) is 7.44. The molecule has 0 saturated carbocycles. The molecule has 1 aromatic carbocycles. The van der Waals surface area contributed by atoms with Crippen molar-refractivity contribution in [3.8, 4) is 5.69 Å². The van der Waals surface area contributed by atoms with Crippen molar-refractivity contribution in [2.24, 2.45) is 5.92 Å². The molecule has 1 aliphatic heterocycles. The largest absolute Gasteiger partial charge is 0.465 e. The van der Waals surface area contributed by atoms with Gasteiger partial charge in [0.05, 0.1) is 0 Å². The van der Waals surface area contributed by atoms with E-state index in [0.29, 0.717) is 19.5 Å². The SMILES string of the molecule is CC1CN(C(=O)O)CCC1c1ccnn1-c1ccc(F)cc1F. The van der Waals surface area contributed by atoms with Crippen molar-refractivity contribution in [2.45, 2.75) is 19.3 Å². The lowest BCUT2D eigenvalue weighted by Crippen LogP contribution is -2.41. The highest BCUT2D eigenvalue weighted by Gasteiger charge is 2.31. The summed E-state index contributed by atoms with van der Waals surface area (Å²) in [5.74, 6) is -1.16. The van der Waals surface area contributed by atoms with Gasteiger partial charge in [-0.25, -0.2) is 18.3 Å². The first-order chi connectivity index (χ1) is 11.0. The molecule has 0 bridgehead atoms. The minimum Gasteiger partial charge on any atom is -0.465 e. The summed E-state index contributed by atoms with van der Waals surface area (Å²) in [6.07, 6.45) is 1.30. The van der Waals surface area contributed by atoms with Crippen LogP contribution in [0.5, 0.6) is 0 Å². The van der Waals surface area contributed by atoms with E-state index >= 15 is 0 Å². The lowest BCUT2D eigenvalue weighted by atomic mass is 9.84. The maximum atomic E-state index is 14.0. The topological polar surface area (TPSA) is 58.4 Å². The molecule has 1 fully saturated rings. The normalized spacial score (nSPS) is 21.4. The van der Waals surface area contributed by atoms with Crippen LogP contribution in [0, 0.1) is 17.6 Å². The zero-order chi connectivity index (χ0) is 16.6. The standard InChI is InChI=1S/C16H17F2N3O2/c1-10-9-20(16(22)23)7-5-12(10)14-4-6-19-21(14)15-3-2-11(17)8-13(15)18/h2-4,6,8,10,12H,5,7,9H2,1H3,(H,22,23). The Kier molecular flexibility index (Phi) is 4.02. The Morgan fingerprint density at radius 3 is 2.78 bits per heavy atom. The van der Waals surface area contributed by atoms with E-state index in [0.717, 1.165) is 11.8 Å². The Hall–Kier alpha value is -2.44. The van der Waals surface area contributed by atoms with Gasteiger partial charge >= 0.3 is 6.09 Å². The van der Waals surface area contributed by atoms with Crippen LogP contribution in [-0.4, -0.2) is 39.0 Å². The minimum atomic E-state index is -0.923. The van der Waals surface area contributed by atoms with Gasteiger partial charge in [0.1, 0.15) is 11.5 Å². The molecule has 1 N–H and O–H groups in total. The van der Waals surface area contributed by atoms with E-state index in [9.17, 15) is 13.6 Å². The van der Waals surface area contributed by atoms with Gasteiger partial charge in [-0.15, -0.1) is 0 Å². The second-order valence-electron chi connectivity index (χ2n) is 5.86. The van der Waals surface area contributed by atoms with Gasteiger partial charge in [-0.1, -0.05) is 6.92 Å². The fraction of sp³-hybridized carbons (Fsp3) is 0.375. The molecule has 3 rings (SSSR count). The number of carbonyl (C=O) groups is 1. The van der Waals surface area contributed by atoms with Gasteiger partial charge in [0.2, 0.25) is 0 Å². The number of amides is 1. The second-order valence-corrected chi connectivity index (χ2v) is 5.86. The number of aromatic nitrogens is 2. The van der Waals surface area contributed by atoms with Crippen molar-refractivity contribution >= 4 is 6.09 Å². The van der Waals surface area contributed by atoms with E-state index in [4.69, 9.17) is 5.11 Å². The van der Waals surface area contributed by atoms with Crippen molar-refractivity contribution in [3.05, 3.63) is 47.8 Å². The van der Waals surface area contributed by atoms with Gasteiger partial charge in [0, 0.05) is 37.0 Å². The minimum absolute atomic E-state index is 0.0672. The zero-order valence-electron chi connectivity index (χ0n) is 12.6. The smallest absolute Gasteiger partial charge is 0.407 e. The molecule has 7 heteroatoms. The van der Waals surface area contributed by atoms with Crippen molar-refractivity contribution in [2.75, 3.05) is 13.1 Å². The highest BCUT2D eigenvalue weighted by Crippen LogP contribution is 2.34. The highest BCUT2D eigenvalue weighted by molar-refractivity contribution is 5.65. The maximum Gasteiger partial charge on any atom is 0.407 e. The van der Waals surface area contributed by atoms with Crippen LogP contribution >= 0.6 is 0 Å². The molecule has 1 amide bonds. The van der Waals surface area contributed by atoms with E-state index in [2.05, 4.69) is 5.10 Å². The number of likely N-dealkylation sites (tertiary alicyclic amines) is 1. The monoisotopic (exact) mass is 321 g/mol. The maximum absolute atomic E-state index is 14.0. The summed E-state index contributed by atoms with van der Waals surface area (Å²) < 4.78 is 28.6. The summed E-state index contributed by atoms with van der Waals surface area (Å²) in [5, 5.41) is 13.3. The number of hydrogen-bond acceptors (Lipinski definition) is 2. The van der Waals surface area contributed by atoms with E-state index in [1.165, 1.54) is 21.7 Å². The van der Waals surface area contributed by atoms with Gasteiger partial charge in [-0.3, -0.25) is 0 Å². The van der Waals surface area contributed by atoms with Crippen molar-refractivity contribution in [3.63, 3.8) is 0 Å². The molecular formula is C16H17F2N3O2. The molecule has 0 spiro atoms. The van der Waals surface area contributed by atoms with Crippen LogP contribution in [0.25, 0.3) is 5.69 Å². The lowest BCUT2D eigenvalue weighted by Gasteiger charge is -2.35. The average Bonchev–Trinajstić information content (AvgIpc) is 2.96. The third kappa shape index (κ3) is 2.91. The number of halogens is 2. The molecule has 122 valence electrons. The van der Waals surface area contributed by atoms with Crippen LogP contribution in [0.3, 0.4) is 0 Å². The van der Waals surface area contributed by atoms with Crippen LogP contribution in [0.1, 0.15) is 25.0 Å². The van der Waals surface area contributed by atoms with Crippen molar-refractivity contribution in [1.82, 2.24) is 14.7 Å². The summed E-state index contributed by atoms with van der Waals surface area (Å²) in [6, 6.07) is 5.19. The van der Waals surface area contributed by atoms with Gasteiger partial charge < -0.3 is 10.0 Å². The van der Waals surface area contributed by atoms with Crippen LogP contribution in [0.15, 0.2) is 30.5 Å².